The second kappa shape index (κ2) is 5.19. The van der Waals surface area contributed by atoms with Gasteiger partial charge < -0.3 is 0 Å². The number of anilines is 1. The average Bonchev–Trinajstić information content (AvgIpc) is 2.80. The highest BCUT2D eigenvalue weighted by molar-refractivity contribution is 9.10. The van der Waals surface area contributed by atoms with Crippen molar-refractivity contribution in [2.24, 2.45) is 0 Å². The first-order chi connectivity index (χ1) is 9.27. The van der Waals surface area contributed by atoms with E-state index in [-0.39, 0.29) is 10.0 Å². The summed E-state index contributed by atoms with van der Waals surface area (Å²) in [4.78, 5) is 14.8. The summed E-state index contributed by atoms with van der Waals surface area (Å²) in [5.74, 6) is -3.40. The number of aromatic nitrogens is 3. The molecule has 0 unspecified atom stereocenters. The number of benzene rings is 1. The van der Waals surface area contributed by atoms with E-state index < -0.39 is 29.7 Å². The SMILES string of the molecule is O=C(Nc1n[nH]c(C(F)(F)F)n1)c1cc(F)ccc1Br. The summed E-state index contributed by atoms with van der Waals surface area (Å²) in [6.07, 6.45) is -4.70. The third kappa shape index (κ3) is 3.13. The Bertz CT molecular complexity index is 655. The third-order valence-corrected chi connectivity index (χ3v) is 2.84. The predicted molar refractivity (Wildman–Crippen MR) is 63.4 cm³/mol. The minimum Gasteiger partial charge on any atom is -0.289 e. The fourth-order valence-corrected chi connectivity index (χ4v) is 1.71. The fraction of sp³-hybridized carbons (Fsp3) is 0.100. The number of hydrogen-bond donors (Lipinski definition) is 2. The summed E-state index contributed by atoms with van der Waals surface area (Å²) in [5.41, 5.74) is -0.0941. The number of amides is 1. The van der Waals surface area contributed by atoms with Crippen molar-refractivity contribution in [2.75, 3.05) is 5.32 Å². The summed E-state index contributed by atoms with van der Waals surface area (Å²) >= 11 is 3.03. The molecule has 0 aliphatic carbocycles. The number of alkyl halides is 3. The van der Waals surface area contributed by atoms with Crippen molar-refractivity contribution >= 4 is 27.8 Å². The molecule has 5 nitrogen and oxygen atoms in total. The highest BCUT2D eigenvalue weighted by Gasteiger charge is 2.35. The van der Waals surface area contributed by atoms with Gasteiger partial charge in [-0.3, -0.25) is 15.2 Å². The maximum atomic E-state index is 13.0. The Labute approximate surface area is 117 Å². The van der Waals surface area contributed by atoms with Gasteiger partial charge in [-0.05, 0) is 34.1 Å². The van der Waals surface area contributed by atoms with Gasteiger partial charge in [0.15, 0.2) is 0 Å². The highest BCUT2D eigenvalue weighted by Crippen LogP contribution is 2.26. The molecule has 2 aromatic rings. The molecule has 0 fully saturated rings. The number of nitrogens with zero attached hydrogens (tertiary/aromatic N) is 2. The maximum absolute atomic E-state index is 13.0. The molecule has 0 aliphatic heterocycles. The lowest BCUT2D eigenvalue weighted by molar-refractivity contribution is -0.144. The van der Waals surface area contributed by atoms with E-state index in [4.69, 9.17) is 0 Å². The summed E-state index contributed by atoms with van der Waals surface area (Å²) in [6, 6.07) is 3.34. The van der Waals surface area contributed by atoms with Gasteiger partial charge in [0, 0.05) is 4.47 Å². The summed E-state index contributed by atoms with van der Waals surface area (Å²) in [7, 11) is 0. The van der Waals surface area contributed by atoms with E-state index in [0.717, 1.165) is 12.1 Å². The second-order valence-electron chi connectivity index (χ2n) is 3.58. The third-order valence-electron chi connectivity index (χ3n) is 2.15. The molecule has 0 saturated heterocycles. The molecule has 1 amide bonds. The van der Waals surface area contributed by atoms with Gasteiger partial charge in [0.05, 0.1) is 5.56 Å². The van der Waals surface area contributed by atoms with E-state index >= 15 is 0 Å². The number of H-pyrrole nitrogens is 1. The van der Waals surface area contributed by atoms with Crippen LogP contribution >= 0.6 is 15.9 Å². The Morgan fingerprint density at radius 2 is 2.05 bits per heavy atom. The topological polar surface area (TPSA) is 70.7 Å². The average molecular weight is 353 g/mol. The first-order valence-corrected chi connectivity index (χ1v) is 5.82. The van der Waals surface area contributed by atoms with Crippen molar-refractivity contribution in [3.63, 3.8) is 0 Å². The van der Waals surface area contributed by atoms with Gasteiger partial charge in [0.1, 0.15) is 5.82 Å². The monoisotopic (exact) mass is 352 g/mol. The molecule has 2 rings (SSSR count). The van der Waals surface area contributed by atoms with Gasteiger partial charge in [-0.1, -0.05) is 0 Å². The molecule has 1 aromatic heterocycles. The van der Waals surface area contributed by atoms with Crippen LogP contribution in [0, 0.1) is 5.82 Å². The number of halogens is 5. The molecule has 1 heterocycles. The molecule has 0 bridgehead atoms. The van der Waals surface area contributed by atoms with Crippen LogP contribution in [0.2, 0.25) is 0 Å². The van der Waals surface area contributed by atoms with Gasteiger partial charge in [0.2, 0.25) is 11.8 Å². The normalized spacial score (nSPS) is 11.4. The lowest BCUT2D eigenvalue weighted by Crippen LogP contribution is -2.14. The first-order valence-electron chi connectivity index (χ1n) is 5.03. The quantitative estimate of drug-likeness (QED) is 0.816. The van der Waals surface area contributed by atoms with Crippen molar-refractivity contribution in [2.45, 2.75) is 6.18 Å². The van der Waals surface area contributed by atoms with Gasteiger partial charge in [-0.15, -0.1) is 5.10 Å². The van der Waals surface area contributed by atoms with Crippen LogP contribution < -0.4 is 5.32 Å². The first kappa shape index (κ1) is 14.4. The number of nitrogens with one attached hydrogen (secondary N) is 2. The van der Waals surface area contributed by atoms with Gasteiger partial charge in [-0.2, -0.15) is 18.2 Å². The Morgan fingerprint density at radius 3 is 2.65 bits per heavy atom. The Hall–Kier alpha value is -1.97. The Balaban J connectivity index is 2.20. The van der Waals surface area contributed by atoms with E-state index in [1.54, 1.807) is 5.10 Å². The molecular formula is C10H5BrF4N4O. The van der Waals surface area contributed by atoms with E-state index in [1.165, 1.54) is 6.07 Å². The Kier molecular flexibility index (Phi) is 3.75. The van der Waals surface area contributed by atoms with Crippen molar-refractivity contribution in [3.8, 4) is 0 Å². The molecular weight excluding hydrogens is 348 g/mol. The molecule has 106 valence electrons. The summed E-state index contributed by atoms with van der Waals surface area (Å²) in [6.45, 7) is 0. The van der Waals surface area contributed by atoms with E-state index in [9.17, 15) is 22.4 Å². The highest BCUT2D eigenvalue weighted by atomic mass is 79.9. The number of rotatable bonds is 2. The smallest absolute Gasteiger partial charge is 0.289 e. The van der Waals surface area contributed by atoms with E-state index in [0.29, 0.717) is 0 Å². The molecule has 0 saturated carbocycles. The number of carbonyl (C=O) groups is 1. The largest absolute Gasteiger partial charge is 0.451 e. The van der Waals surface area contributed by atoms with Crippen molar-refractivity contribution < 1.29 is 22.4 Å². The Morgan fingerprint density at radius 1 is 1.35 bits per heavy atom. The van der Waals surface area contributed by atoms with Crippen molar-refractivity contribution in [1.82, 2.24) is 15.2 Å². The van der Waals surface area contributed by atoms with Gasteiger partial charge >= 0.3 is 6.18 Å². The lowest BCUT2D eigenvalue weighted by atomic mass is 10.2. The van der Waals surface area contributed by atoms with Crippen LogP contribution in [-0.2, 0) is 6.18 Å². The summed E-state index contributed by atoms with van der Waals surface area (Å²) < 4.78 is 50.1. The molecule has 10 heteroatoms. The minimum absolute atomic E-state index is 0.0941. The van der Waals surface area contributed by atoms with Crippen LogP contribution in [0.3, 0.4) is 0 Å². The van der Waals surface area contributed by atoms with Crippen LogP contribution in [0.25, 0.3) is 0 Å². The number of hydrogen-bond acceptors (Lipinski definition) is 3. The molecule has 20 heavy (non-hydrogen) atoms. The predicted octanol–water partition coefficient (Wildman–Crippen LogP) is 2.98. The summed E-state index contributed by atoms with van der Waals surface area (Å²) in [5, 5.41) is 6.87. The molecule has 2 N–H and O–H groups in total. The zero-order valence-electron chi connectivity index (χ0n) is 9.42. The molecule has 0 radical (unpaired) electrons. The van der Waals surface area contributed by atoms with Crippen molar-refractivity contribution in [1.29, 1.82) is 0 Å². The minimum atomic E-state index is -4.70. The number of aromatic amines is 1. The van der Waals surface area contributed by atoms with Crippen molar-refractivity contribution in [3.05, 3.63) is 39.9 Å². The zero-order valence-corrected chi connectivity index (χ0v) is 11.0. The standard InChI is InChI=1S/C10H5BrF4N4O/c11-6-2-1-4(12)3-5(6)7(20)16-9-17-8(18-19-9)10(13,14)15/h1-3H,(H2,16,17,18,19,20). The molecule has 0 aliphatic rings. The van der Waals surface area contributed by atoms with Crippen LogP contribution in [-0.4, -0.2) is 21.1 Å². The van der Waals surface area contributed by atoms with Gasteiger partial charge in [0.25, 0.3) is 5.91 Å². The van der Waals surface area contributed by atoms with E-state index in [1.807, 2.05) is 5.32 Å². The zero-order chi connectivity index (χ0) is 14.9. The molecule has 0 atom stereocenters. The van der Waals surface area contributed by atoms with Crippen LogP contribution in [0.5, 0.6) is 0 Å². The second-order valence-corrected chi connectivity index (χ2v) is 4.44. The van der Waals surface area contributed by atoms with E-state index in [2.05, 4.69) is 26.0 Å². The lowest BCUT2D eigenvalue weighted by Gasteiger charge is -2.03. The molecule has 1 aromatic carbocycles. The maximum Gasteiger partial charge on any atom is 0.451 e. The molecule has 0 spiro atoms. The fourth-order valence-electron chi connectivity index (χ4n) is 1.28. The van der Waals surface area contributed by atoms with Gasteiger partial charge in [-0.25, -0.2) is 4.39 Å². The number of carbonyl (C=O) groups excluding carboxylic acids is 1. The van der Waals surface area contributed by atoms with Crippen LogP contribution in [0.1, 0.15) is 16.2 Å². The van der Waals surface area contributed by atoms with Crippen LogP contribution in [0.4, 0.5) is 23.5 Å². The van der Waals surface area contributed by atoms with Crippen LogP contribution in [0.15, 0.2) is 22.7 Å².